The van der Waals surface area contributed by atoms with Gasteiger partial charge in [0.15, 0.2) is 16.6 Å². The summed E-state index contributed by atoms with van der Waals surface area (Å²) in [6, 6.07) is 10.1. The smallest absolute Gasteiger partial charge is 0.335 e. The molecule has 0 saturated heterocycles. The van der Waals surface area contributed by atoms with E-state index in [2.05, 4.69) is 20.9 Å². The topological polar surface area (TPSA) is 112 Å². The first-order valence-electron chi connectivity index (χ1n) is 8.93. The van der Waals surface area contributed by atoms with E-state index in [0.717, 1.165) is 0 Å². The molecule has 0 amide bonds. The second kappa shape index (κ2) is 8.96. The zero-order valence-corrected chi connectivity index (χ0v) is 17.4. The van der Waals surface area contributed by atoms with Gasteiger partial charge in [-0.25, -0.2) is 9.18 Å². The highest BCUT2D eigenvalue weighted by atomic mass is 32.1. The molecule has 156 valence electrons. The molecule has 3 rings (SSSR count). The van der Waals surface area contributed by atoms with Crippen LogP contribution in [0, 0.1) is 5.82 Å². The fraction of sp³-hybridized carbons (Fsp3) is 0.100. The van der Waals surface area contributed by atoms with Crippen molar-refractivity contribution in [3.63, 3.8) is 0 Å². The van der Waals surface area contributed by atoms with Crippen molar-refractivity contribution in [2.24, 2.45) is 12.1 Å². The Morgan fingerprint density at radius 3 is 2.55 bits per heavy atom. The van der Waals surface area contributed by atoms with Crippen LogP contribution in [0.25, 0.3) is 11.3 Å². The normalized spacial score (nSPS) is 11.3. The summed E-state index contributed by atoms with van der Waals surface area (Å²) in [7, 11) is 7.25. The van der Waals surface area contributed by atoms with Gasteiger partial charge >= 0.3 is 5.97 Å². The Labute approximate surface area is 183 Å². The second-order valence-electron chi connectivity index (χ2n) is 6.55. The van der Waals surface area contributed by atoms with Crippen molar-refractivity contribution < 1.29 is 19.4 Å². The molecule has 0 aliphatic rings. The third-order valence-electron chi connectivity index (χ3n) is 4.35. The molecule has 2 aromatic carbocycles. The number of halogens is 1. The molecule has 1 heterocycles. The summed E-state index contributed by atoms with van der Waals surface area (Å²) >= 11 is 5.17. The van der Waals surface area contributed by atoms with Crippen molar-refractivity contribution in [2.75, 3.05) is 5.32 Å². The number of carboxylic acids is 1. The first kappa shape index (κ1) is 22.0. The van der Waals surface area contributed by atoms with E-state index in [1.54, 1.807) is 26.1 Å². The van der Waals surface area contributed by atoms with E-state index in [4.69, 9.17) is 25.2 Å². The minimum absolute atomic E-state index is 0.0421. The molecule has 0 fully saturated rings. The van der Waals surface area contributed by atoms with Crippen LogP contribution in [0.4, 0.5) is 10.1 Å². The molecule has 11 heteroatoms. The SMILES string of the molecule is [B]c1cc(-c2c(O)c(/C(C)=N/NC(=S)Nc3ccc(C(=O)O)cc3)nn2C)ccc1F. The number of aromatic nitrogens is 2. The number of hydrazone groups is 1. The van der Waals surface area contributed by atoms with Crippen molar-refractivity contribution in [3.05, 3.63) is 59.5 Å². The highest BCUT2D eigenvalue weighted by Crippen LogP contribution is 2.31. The van der Waals surface area contributed by atoms with Crippen LogP contribution in [0.2, 0.25) is 0 Å². The Morgan fingerprint density at radius 1 is 1.26 bits per heavy atom. The molecule has 0 spiro atoms. The molecule has 3 aromatic rings. The number of benzene rings is 2. The molecule has 0 atom stereocenters. The van der Waals surface area contributed by atoms with E-state index in [1.165, 1.54) is 35.0 Å². The van der Waals surface area contributed by atoms with E-state index in [9.17, 15) is 14.3 Å². The average molecular weight is 437 g/mol. The van der Waals surface area contributed by atoms with Gasteiger partial charge in [0.1, 0.15) is 19.4 Å². The van der Waals surface area contributed by atoms with E-state index in [0.29, 0.717) is 22.7 Å². The number of hydrogen-bond acceptors (Lipinski definition) is 5. The number of aromatic carboxylic acids is 1. The van der Waals surface area contributed by atoms with Gasteiger partial charge in [-0.15, -0.1) is 0 Å². The van der Waals surface area contributed by atoms with Gasteiger partial charge in [-0.05, 0) is 55.5 Å². The molecule has 0 aliphatic carbocycles. The third-order valence-corrected chi connectivity index (χ3v) is 4.54. The largest absolute Gasteiger partial charge is 0.504 e. The first-order valence-corrected chi connectivity index (χ1v) is 9.34. The Kier molecular flexibility index (Phi) is 6.35. The number of aromatic hydroxyl groups is 1. The summed E-state index contributed by atoms with van der Waals surface area (Å²) in [5.41, 5.74) is 4.74. The monoisotopic (exact) mass is 437 g/mol. The molecule has 4 N–H and O–H groups in total. The lowest BCUT2D eigenvalue weighted by Crippen LogP contribution is -2.25. The highest BCUT2D eigenvalue weighted by molar-refractivity contribution is 7.80. The minimum atomic E-state index is -1.02. The van der Waals surface area contributed by atoms with Crippen LogP contribution in [0.15, 0.2) is 47.6 Å². The number of carboxylic acid groups (broad SMARTS) is 1. The first-order chi connectivity index (χ1) is 14.7. The van der Waals surface area contributed by atoms with Gasteiger partial charge in [0.25, 0.3) is 0 Å². The molecule has 0 aliphatic heterocycles. The average Bonchev–Trinajstić information content (AvgIpc) is 3.03. The molecule has 1 aromatic heterocycles. The van der Waals surface area contributed by atoms with Gasteiger partial charge in [-0.1, -0.05) is 11.5 Å². The van der Waals surface area contributed by atoms with Gasteiger partial charge in [0, 0.05) is 18.3 Å². The van der Waals surface area contributed by atoms with Crippen LogP contribution in [-0.2, 0) is 7.05 Å². The Balaban J connectivity index is 1.75. The van der Waals surface area contributed by atoms with E-state index >= 15 is 0 Å². The molecule has 8 nitrogen and oxygen atoms in total. The van der Waals surface area contributed by atoms with E-state index in [1.807, 2.05) is 0 Å². The number of anilines is 1. The fourth-order valence-corrected chi connectivity index (χ4v) is 2.98. The Bertz CT molecular complexity index is 1190. The summed E-state index contributed by atoms with van der Waals surface area (Å²) in [6.07, 6.45) is 0. The van der Waals surface area contributed by atoms with Gasteiger partial charge in [-0.3, -0.25) is 10.1 Å². The summed E-state index contributed by atoms with van der Waals surface area (Å²) in [5.74, 6) is -1.71. The summed E-state index contributed by atoms with van der Waals surface area (Å²) in [4.78, 5) is 10.9. The Morgan fingerprint density at radius 2 is 1.94 bits per heavy atom. The highest BCUT2D eigenvalue weighted by Gasteiger charge is 2.19. The molecular formula is C20H17BFN5O3S. The van der Waals surface area contributed by atoms with Gasteiger partial charge in [0.05, 0.1) is 11.3 Å². The summed E-state index contributed by atoms with van der Waals surface area (Å²) in [6.45, 7) is 1.63. The van der Waals surface area contributed by atoms with Crippen molar-refractivity contribution >= 4 is 48.0 Å². The lowest BCUT2D eigenvalue weighted by Gasteiger charge is -2.08. The molecular weight excluding hydrogens is 420 g/mol. The molecule has 2 radical (unpaired) electrons. The molecule has 0 bridgehead atoms. The van der Waals surface area contributed by atoms with Crippen LogP contribution in [0.1, 0.15) is 23.0 Å². The zero-order valence-electron chi connectivity index (χ0n) is 16.5. The van der Waals surface area contributed by atoms with Crippen LogP contribution in [0.5, 0.6) is 5.75 Å². The lowest BCUT2D eigenvalue weighted by molar-refractivity contribution is 0.0697. The molecule has 31 heavy (non-hydrogen) atoms. The van der Waals surface area contributed by atoms with Crippen LogP contribution < -0.4 is 16.2 Å². The third kappa shape index (κ3) is 4.89. The number of nitrogens with zero attached hydrogens (tertiary/aromatic N) is 3. The fourth-order valence-electron chi connectivity index (χ4n) is 2.81. The van der Waals surface area contributed by atoms with Crippen molar-refractivity contribution in [1.29, 1.82) is 0 Å². The predicted octanol–water partition coefficient (Wildman–Crippen LogP) is 2.13. The number of hydrogen-bond donors (Lipinski definition) is 4. The van der Waals surface area contributed by atoms with Crippen molar-refractivity contribution in [1.82, 2.24) is 15.2 Å². The zero-order chi connectivity index (χ0) is 22.7. The summed E-state index contributed by atoms with van der Waals surface area (Å²) < 4.78 is 14.9. The van der Waals surface area contributed by atoms with Crippen molar-refractivity contribution in [2.45, 2.75) is 6.92 Å². The number of nitrogens with one attached hydrogen (secondary N) is 2. The maximum atomic E-state index is 13.5. The quantitative estimate of drug-likeness (QED) is 0.210. The van der Waals surface area contributed by atoms with Crippen LogP contribution >= 0.6 is 12.2 Å². The van der Waals surface area contributed by atoms with Crippen molar-refractivity contribution in [3.8, 4) is 17.0 Å². The Hall–Kier alpha value is -3.73. The number of thiocarbonyl (C=S) groups is 1. The lowest BCUT2D eigenvalue weighted by atomic mass is 9.92. The minimum Gasteiger partial charge on any atom is -0.504 e. The van der Waals surface area contributed by atoms with Gasteiger partial charge < -0.3 is 15.5 Å². The number of carbonyl (C=O) groups is 1. The number of aryl methyl sites for hydroxylation is 1. The molecule has 0 saturated carbocycles. The van der Waals surface area contributed by atoms with Gasteiger partial charge in [-0.2, -0.15) is 10.2 Å². The number of rotatable bonds is 5. The second-order valence-corrected chi connectivity index (χ2v) is 6.96. The maximum Gasteiger partial charge on any atom is 0.335 e. The van der Waals surface area contributed by atoms with E-state index in [-0.39, 0.29) is 27.6 Å². The van der Waals surface area contributed by atoms with E-state index < -0.39 is 11.8 Å². The summed E-state index contributed by atoms with van der Waals surface area (Å²) in [5, 5.41) is 31.0. The van der Waals surface area contributed by atoms with Gasteiger partial charge in [0.2, 0.25) is 0 Å². The molecule has 0 unspecified atom stereocenters. The standard InChI is InChI=1S/C20H17BFN5O3S/c1-10(24-25-20(31)23-13-6-3-11(4-7-13)19(29)30)16-18(28)17(27(2)26-16)12-5-8-15(22)14(21)9-12/h3-9,28H,1-2H3,(H,29,30)(H2,23,25,31)/b24-10+. The predicted molar refractivity (Wildman–Crippen MR) is 121 cm³/mol. The maximum absolute atomic E-state index is 13.5. The van der Waals surface area contributed by atoms with Crippen LogP contribution in [0.3, 0.4) is 0 Å². The van der Waals surface area contributed by atoms with Crippen LogP contribution in [-0.4, -0.2) is 44.6 Å².